The maximum Gasteiger partial charge on any atom is 0.270 e. The smallest absolute Gasteiger partial charge is 0.270 e. The number of likely N-dealkylation sites (N-methyl/N-ethyl adjacent to an activating group) is 1. The first-order valence-electron chi connectivity index (χ1n) is 9.87. The van der Waals surface area contributed by atoms with Gasteiger partial charge >= 0.3 is 0 Å². The molecule has 0 bridgehead atoms. The van der Waals surface area contributed by atoms with Crippen LogP contribution < -0.4 is 9.04 Å². The highest BCUT2D eigenvalue weighted by Crippen LogP contribution is 2.29. The molecule has 0 N–H and O–H groups in total. The topological polar surface area (TPSA) is 79.8 Å². The van der Waals surface area contributed by atoms with Gasteiger partial charge in [-0.2, -0.15) is 0 Å². The molecule has 166 valence electrons. The highest BCUT2D eigenvalue weighted by Gasteiger charge is 2.32. The Balaban J connectivity index is 2.10. The molecular formula is C24H25N3O4S. The van der Waals surface area contributed by atoms with E-state index in [1.807, 2.05) is 18.2 Å². The zero-order valence-corrected chi connectivity index (χ0v) is 19.0. The average Bonchev–Trinajstić information content (AvgIpc) is 2.78. The second-order valence-electron chi connectivity index (χ2n) is 7.25. The summed E-state index contributed by atoms with van der Waals surface area (Å²) in [4.78, 5) is 18.8. The highest BCUT2D eigenvalue weighted by atomic mass is 32.2. The molecule has 0 aliphatic rings. The number of hydrogen-bond acceptors (Lipinski definition) is 6. The summed E-state index contributed by atoms with van der Waals surface area (Å²) in [5, 5.41) is 0. The number of carbonyl (C=O) groups is 1. The van der Waals surface area contributed by atoms with Gasteiger partial charge in [-0.05, 0) is 67.7 Å². The van der Waals surface area contributed by atoms with Crippen molar-refractivity contribution < 1.29 is 17.9 Å². The number of aromatic nitrogens is 1. The molecule has 0 saturated carbocycles. The van der Waals surface area contributed by atoms with Gasteiger partial charge in [0.1, 0.15) is 5.75 Å². The number of nitrogens with zero attached hydrogens (tertiary/aromatic N) is 3. The van der Waals surface area contributed by atoms with Gasteiger partial charge in [-0.15, -0.1) is 0 Å². The molecule has 1 heterocycles. The van der Waals surface area contributed by atoms with Gasteiger partial charge in [-0.25, -0.2) is 12.7 Å². The molecule has 7 nitrogen and oxygen atoms in total. The molecule has 0 spiro atoms. The molecule has 32 heavy (non-hydrogen) atoms. The maximum absolute atomic E-state index is 13.6. The van der Waals surface area contributed by atoms with Crippen molar-refractivity contribution >= 4 is 33.8 Å². The lowest BCUT2D eigenvalue weighted by Crippen LogP contribution is -2.42. The van der Waals surface area contributed by atoms with E-state index >= 15 is 0 Å². The number of ether oxygens (including phenoxy) is 1. The lowest BCUT2D eigenvalue weighted by atomic mass is 10.1. The van der Waals surface area contributed by atoms with Crippen molar-refractivity contribution in [1.82, 2.24) is 9.88 Å². The molecule has 1 amide bonds. The third kappa shape index (κ3) is 5.40. The first kappa shape index (κ1) is 23.2. The molecule has 2 aromatic carbocycles. The van der Waals surface area contributed by atoms with Crippen LogP contribution in [-0.2, 0) is 14.8 Å². The summed E-state index contributed by atoms with van der Waals surface area (Å²) >= 11 is 0. The number of rotatable bonds is 8. The molecule has 0 aliphatic heterocycles. The first-order valence-corrected chi connectivity index (χ1v) is 11.3. The Kier molecular flexibility index (Phi) is 7.40. The number of para-hydroxylation sites is 1. The molecule has 0 aliphatic carbocycles. The second-order valence-corrected chi connectivity index (χ2v) is 9.04. The lowest BCUT2D eigenvalue weighted by molar-refractivity contribution is -0.118. The first-order chi connectivity index (χ1) is 15.3. The lowest BCUT2D eigenvalue weighted by Gasteiger charge is -2.25. The summed E-state index contributed by atoms with van der Waals surface area (Å²) in [6.07, 6.45) is 6.97. The van der Waals surface area contributed by atoms with Crippen LogP contribution >= 0.6 is 0 Å². The van der Waals surface area contributed by atoms with E-state index in [1.165, 1.54) is 19.2 Å². The van der Waals surface area contributed by atoms with Crippen LogP contribution in [0.5, 0.6) is 5.75 Å². The fourth-order valence-electron chi connectivity index (χ4n) is 3.06. The van der Waals surface area contributed by atoms with Gasteiger partial charge in [0, 0.05) is 12.4 Å². The van der Waals surface area contributed by atoms with Crippen molar-refractivity contribution in [2.24, 2.45) is 0 Å². The summed E-state index contributed by atoms with van der Waals surface area (Å²) in [5.41, 5.74) is 1.77. The van der Waals surface area contributed by atoms with E-state index in [2.05, 4.69) is 4.98 Å². The quantitative estimate of drug-likeness (QED) is 0.521. The van der Waals surface area contributed by atoms with Crippen molar-refractivity contribution in [3.8, 4) is 5.75 Å². The molecule has 0 saturated heterocycles. The number of sulfonamides is 1. The molecule has 1 aromatic heterocycles. The Morgan fingerprint density at radius 2 is 1.62 bits per heavy atom. The van der Waals surface area contributed by atoms with Gasteiger partial charge in [0.2, 0.25) is 0 Å². The summed E-state index contributed by atoms with van der Waals surface area (Å²) < 4.78 is 33.2. The number of anilines is 1. The van der Waals surface area contributed by atoms with E-state index in [0.29, 0.717) is 11.3 Å². The number of carbonyl (C=O) groups excluding carboxylic acids is 1. The Hall–Kier alpha value is -3.49. The maximum atomic E-state index is 13.6. The summed E-state index contributed by atoms with van der Waals surface area (Å²) in [6, 6.07) is 16.5. The molecule has 8 heteroatoms. The fourth-order valence-corrected chi connectivity index (χ4v) is 4.50. The average molecular weight is 452 g/mol. The Morgan fingerprint density at radius 1 is 0.969 bits per heavy atom. The monoisotopic (exact) mass is 451 g/mol. The Morgan fingerprint density at radius 3 is 2.25 bits per heavy atom. The number of methoxy groups -OCH3 is 1. The van der Waals surface area contributed by atoms with Crippen LogP contribution in [0.2, 0.25) is 0 Å². The summed E-state index contributed by atoms with van der Waals surface area (Å²) in [7, 11) is 0.757. The Bertz CT molecular complexity index is 1190. The van der Waals surface area contributed by atoms with Crippen molar-refractivity contribution in [3.63, 3.8) is 0 Å². The Labute approximate surface area is 188 Å². The summed E-state index contributed by atoms with van der Waals surface area (Å²) in [5.74, 6) is -0.0358. The zero-order valence-electron chi connectivity index (χ0n) is 18.2. The van der Waals surface area contributed by atoms with Gasteiger partial charge in [0.15, 0.2) is 0 Å². The van der Waals surface area contributed by atoms with E-state index in [-0.39, 0.29) is 17.1 Å². The van der Waals surface area contributed by atoms with E-state index in [1.54, 1.807) is 73.9 Å². The van der Waals surface area contributed by atoms with Crippen molar-refractivity contribution in [2.75, 3.05) is 32.1 Å². The number of hydrogen-bond donors (Lipinski definition) is 0. The minimum atomic E-state index is -4.17. The fraction of sp³-hybridized carbons (Fsp3) is 0.167. The van der Waals surface area contributed by atoms with Crippen molar-refractivity contribution in [1.29, 1.82) is 0 Å². The number of benzene rings is 2. The van der Waals surface area contributed by atoms with Crippen LogP contribution in [0.4, 0.5) is 5.69 Å². The predicted octanol–water partition coefficient (Wildman–Crippen LogP) is 3.54. The third-order valence-electron chi connectivity index (χ3n) is 4.59. The largest absolute Gasteiger partial charge is 0.497 e. The SMILES string of the molecule is COc1ccc(S(=O)(=O)N(C(=O)CN(C)C)c2ccccc2C=Cc2ccncc2)cc1. The molecule has 3 aromatic rings. The standard InChI is InChI=1S/C24H25N3O4S/c1-26(2)18-24(28)27(32(29,30)22-12-10-21(31-3)11-13-22)23-7-5-4-6-20(23)9-8-19-14-16-25-17-15-19/h4-17H,18H2,1-3H3. The molecule has 3 rings (SSSR count). The number of amides is 1. The molecule has 0 unspecified atom stereocenters. The second kappa shape index (κ2) is 10.2. The van der Waals surface area contributed by atoms with E-state index in [0.717, 1.165) is 9.87 Å². The number of pyridine rings is 1. The van der Waals surface area contributed by atoms with Crippen LogP contribution in [-0.4, -0.2) is 52.0 Å². The van der Waals surface area contributed by atoms with Gasteiger partial charge in [0.05, 0.1) is 24.2 Å². The summed E-state index contributed by atoms with van der Waals surface area (Å²) in [6.45, 7) is -0.0716. The molecular weight excluding hydrogens is 426 g/mol. The van der Waals surface area contributed by atoms with E-state index in [9.17, 15) is 13.2 Å². The van der Waals surface area contributed by atoms with Crippen molar-refractivity contribution in [2.45, 2.75) is 4.90 Å². The molecule has 0 atom stereocenters. The van der Waals surface area contributed by atoms with Crippen LogP contribution in [0.3, 0.4) is 0 Å². The van der Waals surface area contributed by atoms with Crippen LogP contribution in [0.15, 0.2) is 78.0 Å². The van der Waals surface area contributed by atoms with Gasteiger partial charge in [-0.3, -0.25) is 9.78 Å². The van der Waals surface area contributed by atoms with Crippen LogP contribution in [0.1, 0.15) is 11.1 Å². The van der Waals surface area contributed by atoms with Gasteiger partial charge < -0.3 is 9.64 Å². The molecule has 0 fully saturated rings. The van der Waals surface area contributed by atoms with Crippen LogP contribution in [0, 0.1) is 0 Å². The minimum absolute atomic E-state index is 0.00155. The van der Waals surface area contributed by atoms with E-state index in [4.69, 9.17) is 4.74 Å². The zero-order chi connectivity index (χ0) is 23.1. The van der Waals surface area contributed by atoms with Crippen LogP contribution in [0.25, 0.3) is 12.2 Å². The predicted molar refractivity (Wildman–Crippen MR) is 126 cm³/mol. The minimum Gasteiger partial charge on any atom is -0.497 e. The van der Waals surface area contributed by atoms with Crippen molar-refractivity contribution in [3.05, 3.63) is 84.2 Å². The third-order valence-corrected chi connectivity index (χ3v) is 6.34. The normalized spacial score (nSPS) is 11.6. The van der Waals surface area contributed by atoms with E-state index < -0.39 is 15.9 Å². The van der Waals surface area contributed by atoms with Gasteiger partial charge in [0.25, 0.3) is 15.9 Å². The van der Waals surface area contributed by atoms with Gasteiger partial charge in [-0.1, -0.05) is 30.4 Å². The molecule has 0 radical (unpaired) electrons. The highest BCUT2D eigenvalue weighted by molar-refractivity contribution is 7.93.